The maximum Gasteiger partial charge on any atom is 0.413 e. The number of amidine groups is 1. The Kier molecular flexibility index (Phi) is 10.8. The first-order chi connectivity index (χ1) is 20.5. The molecule has 0 spiro atoms. The van der Waals surface area contributed by atoms with Crippen LogP contribution in [0.2, 0.25) is 5.02 Å². The van der Waals surface area contributed by atoms with Gasteiger partial charge in [-0.25, -0.2) is 9.59 Å². The number of rotatable bonds is 9. The summed E-state index contributed by atoms with van der Waals surface area (Å²) in [5.41, 5.74) is 0.709. The number of anilines is 2. The predicted molar refractivity (Wildman–Crippen MR) is 169 cm³/mol. The quantitative estimate of drug-likeness (QED) is 0.103. The van der Waals surface area contributed by atoms with Gasteiger partial charge in [-0.15, -0.1) is 0 Å². The van der Waals surface area contributed by atoms with Crippen molar-refractivity contribution in [1.82, 2.24) is 5.32 Å². The molecule has 2 amide bonds. The number of esters is 1. The molecule has 0 heterocycles. The Hall–Kier alpha value is -4.77. The molecule has 3 aromatic rings. The number of aromatic hydroxyl groups is 1. The van der Waals surface area contributed by atoms with E-state index in [2.05, 4.69) is 16.0 Å². The summed E-state index contributed by atoms with van der Waals surface area (Å²) in [6.45, 7) is 10.1. The Morgan fingerprint density at radius 3 is 2.20 bits per heavy atom. The van der Waals surface area contributed by atoms with Crippen LogP contribution in [0.5, 0.6) is 11.5 Å². The first-order valence-corrected chi connectivity index (χ1v) is 14.1. The summed E-state index contributed by atoms with van der Waals surface area (Å²) < 4.78 is 16.0. The van der Waals surface area contributed by atoms with Crippen LogP contribution in [0.25, 0.3) is 0 Å². The zero-order valence-electron chi connectivity index (χ0n) is 25.5. The van der Waals surface area contributed by atoms with Gasteiger partial charge in [-0.1, -0.05) is 23.7 Å². The number of carbonyl (C=O) groups is 3. The second-order valence-electron chi connectivity index (χ2n) is 11.7. The molecule has 234 valence electrons. The minimum Gasteiger partial charge on any atom is -0.504 e. The molecule has 0 aliphatic rings. The van der Waals surface area contributed by atoms with Gasteiger partial charge < -0.3 is 30.0 Å². The van der Waals surface area contributed by atoms with Gasteiger partial charge in [0.05, 0.1) is 5.56 Å². The number of carbonyl (C=O) groups excluding carboxylic acids is 3. The molecule has 3 aromatic carbocycles. The van der Waals surface area contributed by atoms with Gasteiger partial charge in [0.2, 0.25) is 0 Å². The van der Waals surface area contributed by atoms with Crippen molar-refractivity contribution in [3.8, 4) is 11.5 Å². The molecule has 0 aliphatic heterocycles. The fourth-order valence-electron chi connectivity index (χ4n) is 3.82. The molecule has 0 unspecified atom stereocenters. The zero-order chi connectivity index (χ0) is 32.7. The first-order valence-electron chi connectivity index (χ1n) is 13.7. The van der Waals surface area contributed by atoms with Gasteiger partial charge >= 0.3 is 12.1 Å². The normalized spacial score (nSPS) is 11.2. The van der Waals surface area contributed by atoms with E-state index in [9.17, 15) is 19.5 Å². The van der Waals surface area contributed by atoms with Crippen molar-refractivity contribution in [2.75, 3.05) is 17.2 Å². The molecule has 0 bridgehead atoms. The third-order valence-electron chi connectivity index (χ3n) is 5.58. The Bertz CT molecular complexity index is 1530. The SMILES string of the molecule is CC(C)(C)OC(=O)COc1c(O)cccc1CNc1ccc(Cl)cc1C(=O)Nc1ccc(C(=N)NC(=O)OC(C)(C)C)cc1. The van der Waals surface area contributed by atoms with Gasteiger partial charge in [0, 0.05) is 34.1 Å². The molecule has 12 heteroatoms. The number of benzene rings is 3. The van der Waals surface area contributed by atoms with Gasteiger partial charge in [-0.05, 0) is 90.1 Å². The molecule has 0 saturated carbocycles. The van der Waals surface area contributed by atoms with Crippen LogP contribution in [0.15, 0.2) is 60.7 Å². The highest BCUT2D eigenvalue weighted by atomic mass is 35.5. The smallest absolute Gasteiger partial charge is 0.413 e. The number of amides is 2. The van der Waals surface area contributed by atoms with E-state index in [1.165, 1.54) is 12.1 Å². The summed E-state index contributed by atoms with van der Waals surface area (Å²) >= 11 is 6.21. The fraction of sp³-hybridized carbons (Fsp3) is 0.312. The number of ether oxygens (including phenoxy) is 3. The average Bonchev–Trinajstić information content (AvgIpc) is 2.90. The maximum absolute atomic E-state index is 13.3. The van der Waals surface area contributed by atoms with Gasteiger partial charge in [0.1, 0.15) is 17.0 Å². The van der Waals surface area contributed by atoms with Crippen LogP contribution in [0.1, 0.15) is 63.0 Å². The van der Waals surface area contributed by atoms with Gasteiger partial charge in [0.25, 0.3) is 5.91 Å². The van der Waals surface area contributed by atoms with Crippen LogP contribution in [-0.2, 0) is 20.8 Å². The number of hydrogen-bond donors (Lipinski definition) is 5. The maximum atomic E-state index is 13.3. The van der Waals surface area contributed by atoms with Gasteiger partial charge in [-0.3, -0.25) is 15.5 Å². The van der Waals surface area contributed by atoms with E-state index in [4.69, 9.17) is 31.2 Å². The predicted octanol–water partition coefficient (Wildman–Crippen LogP) is 6.48. The first kappa shape index (κ1) is 33.7. The standard InChI is InChI=1S/C32H37ClN4O7/c1-31(2,3)43-26(39)18-42-27-20(8-7-9-25(27)38)17-35-24-15-12-21(33)16-23(24)29(40)36-22-13-10-19(11-14-22)28(34)37-30(41)44-32(4,5)6/h7-16,35,38H,17-18H2,1-6H3,(H,36,40)(H2,34,37,41). The van der Waals surface area contributed by atoms with E-state index < -0.39 is 35.8 Å². The number of hydrogen-bond acceptors (Lipinski definition) is 9. The number of halogens is 1. The Morgan fingerprint density at radius 1 is 0.909 bits per heavy atom. The molecular weight excluding hydrogens is 588 g/mol. The van der Waals surface area contributed by atoms with Crippen molar-refractivity contribution >= 4 is 46.8 Å². The van der Waals surface area contributed by atoms with Crippen LogP contribution in [0.3, 0.4) is 0 Å². The second-order valence-corrected chi connectivity index (χ2v) is 12.2. The lowest BCUT2D eigenvalue weighted by Gasteiger charge is -2.20. The molecule has 0 fully saturated rings. The molecule has 11 nitrogen and oxygen atoms in total. The molecular formula is C32H37ClN4O7. The average molecular weight is 625 g/mol. The third-order valence-corrected chi connectivity index (χ3v) is 5.82. The van der Waals surface area contributed by atoms with E-state index >= 15 is 0 Å². The number of alkyl carbamates (subject to hydrolysis) is 1. The van der Waals surface area contributed by atoms with Crippen molar-refractivity contribution in [3.63, 3.8) is 0 Å². The van der Waals surface area contributed by atoms with Crippen molar-refractivity contribution in [2.45, 2.75) is 59.3 Å². The lowest BCUT2D eigenvalue weighted by atomic mass is 10.1. The summed E-state index contributed by atoms with van der Waals surface area (Å²) in [4.78, 5) is 37.4. The molecule has 0 atom stereocenters. The van der Waals surface area contributed by atoms with E-state index in [1.54, 1.807) is 90.1 Å². The Labute approximate surface area is 261 Å². The molecule has 5 N–H and O–H groups in total. The third kappa shape index (κ3) is 10.5. The number of phenols is 1. The van der Waals surface area contributed by atoms with Crippen molar-refractivity contribution in [2.24, 2.45) is 0 Å². The van der Waals surface area contributed by atoms with E-state index in [0.717, 1.165) is 0 Å². The highest BCUT2D eigenvalue weighted by Crippen LogP contribution is 2.31. The van der Waals surface area contributed by atoms with E-state index in [0.29, 0.717) is 27.5 Å². The number of phenolic OH excluding ortho intramolecular Hbond substituents is 1. The highest BCUT2D eigenvalue weighted by molar-refractivity contribution is 6.31. The van der Waals surface area contributed by atoms with Crippen LogP contribution in [0.4, 0.5) is 16.2 Å². The van der Waals surface area contributed by atoms with Crippen LogP contribution in [0, 0.1) is 5.41 Å². The summed E-state index contributed by atoms with van der Waals surface area (Å²) in [5.74, 6) is -1.24. The second kappa shape index (κ2) is 14.1. The summed E-state index contributed by atoms with van der Waals surface area (Å²) in [5, 5.41) is 27.2. The minimum atomic E-state index is -0.742. The molecule has 0 radical (unpaired) electrons. The van der Waals surface area contributed by atoms with E-state index in [-0.39, 0.29) is 29.4 Å². The lowest BCUT2D eigenvalue weighted by molar-refractivity contribution is -0.157. The Morgan fingerprint density at radius 2 is 1.57 bits per heavy atom. The van der Waals surface area contributed by atoms with Gasteiger partial charge in [0.15, 0.2) is 18.1 Å². The Balaban J connectivity index is 1.69. The van der Waals surface area contributed by atoms with Crippen LogP contribution < -0.4 is 20.7 Å². The van der Waals surface area contributed by atoms with E-state index in [1.807, 2.05) is 0 Å². The summed E-state index contributed by atoms with van der Waals surface area (Å²) in [6, 6.07) is 15.9. The topological polar surface area (TPSA) is 159 Å². The molecule has 0 aromatic heterocycles. The fourth-order valence-corrected chi connectivity index (χ4v) is 4.00. The largest absolute Gasteiger partial charge is 0.504 e. The molecule has 0 aliphatic carbocycles. The molecule has 3 rings (SSSR count). The zero-order valence-corrected chi connectivity index (χ0v) is 26.2. The van der Waals surface area contributed by atoms with Crippen LogP contribution in [-0.4, -0.2) is 46.7 Å². The highest BCUT2D eigenvalue weighted by Gasteiger charge is 2.20. The minimum absolute atomic E-state index is 0.109. The van der Waals surface area contributed by atoms with Crippen molar-refractivity contribution < 1.29 is 33.7 Å². The van der Waals surface area contributed by atoms with Gasteiger partial charge in [-0.2, -0.15) is 0 Å². The summed E-state index contributed by atoms with van der Waals surface area (Å²) in [6.07, 6.45) is -0.742. The number of nitrogens with one attached hydrogen (secondary N) is 4. The van der Waals surface area contributed by atoms with Crippen molar-refractivity contribution in [3.05, 3.63) is 82.4 Å². The lowest BCUT2D eigenvalue weighted by Crippen LogP contribution is -2.36. The molecule has 0 saturated heterocycles. The van der Waals surface area contributed by atoms with Crippen LogP contribution >= 0.6 is 11.6 Å². The number of para-hydroxylation sites is 1. The molecule has 44 heavy (non-hydrogen) atoms. The summed E-state index contributed by atoms with van der Waals surface area (Å²) in [7, 11) is 0. The monoisotopic (exact) mass is 624 g/mol. The van der Waals surface area contributed by atoms with Crippen molar-refractivity contribution in [1.29, 1.82) is 5.41 Å².